The molecule has 0 bridgehead atoms. The van der Waals surface area contributed by atoms with Gasteiger partial charge in [0.25, 0.3) is 17.5 Å². The Morgan fingerprint density at radius 1 is 0.962 bits per heavy atom. The number of carbonyl (C=O) groups excluding carboxylic acids is 2. The molecule has 0 aliphatic carbocycles. The first-order chi connectivity index (χ1) is 12.6. The van der Waals surface area contributed by atoms with Gasteiger partial charge in [0.1, 0.15) is 0 Å². The number of non-ortho nitro benzene ring substituents is 1. The third-order valence-electron chi connectivity index (χ3n) is 4.31. The fourth-order valence-corrected chi connectivity index (χ4v) is 2.97. The van der Waals surface area contributed by atoms with Gasteiger partial charge in [-0.3, -0.25) is 24.6 Å². The van der Waals surface area contributed by atoms with Gasteiger partial charge in [-0.25, -0.2) is 0 Å². The molecule has 3 rings (SSSR count). The first kappa shape index (κ1) is 17.8. The molecule has 0 saturated heterocycles. The first-order valence-electron chi connectivity index (χ1n) is 8.47. The molecule has 1 aliphatic rings. The van der Waals surface area contributed by atoms with E-state index in [4.69, 9.17) is 0 Å². The predicted molar refractivity (Wildman–Crippen MR) is 95.8 cm³/mol. The maximum absolute atomic E-state index is 12.2. The van der Waals surface area contributed by atoms with Crippen LogP contribution in [-0.4, -0.2) is 34.7 Å². The predicted octanol–water partition coefficient (Wildman–Crippen LogP) is 2.76. The van der Waals surface area contributed by atoms with E-state index in [2.05, 4.69) is 5.32 Å². The smallest absolute Gasteiger partial charge is 0.269 e. The summed E-state index contributed by atoms with van der Waals surface area (Å²) in [6, 6.07) is 13.4. The Morgan fingerprint density at radius 3 is 2.31 bits per heavy atom. The van der Waals surface area contributed by atoms with Crippen LogP contribution in [0.1, 0.15) is 39.1 Å². The monoisotopic (exact) mass is 353 g/mol. The van der Waals surface area contributed by atoms with E-state index in [1.807, 2.05) is 6.07 Å². The van der Waals surface area contributed by atoms with Gasteiger partial charge in [-0.2, -0.15) is 0 Å². The Labute approximate surface area is 150 Å². The van der Waals surface area contributed by atoms with Crippen molar-refractivity contribution in [3.05, 3.63) is 75.3 Å². The zero-order valence-electron chi connectivity index (χ0n) is 14.2. The van der Waals surface area contributed by atoms with Crippen LogP contribution in [0.15, 0.2) is 48.5 Å². The van der Waals surface area contributed by atoms with E-state index in [-0.39, 0.29) is 17.5 Å². The highest BCUT2D eigenvalue weighted by Crippen LogP contribution is 2.22. The molecule has 0 unspecified atom stereocenters. The van der Waals surface area contributed by atoms with Gasteiger partial charge in [-0.15, -0.1) is 0 Å². The first-order valence-corrected chi connectivity index (χ1v) is 8.47. The number of nitro groups is 1. The molecule has 0 aromatic heterocycles. The Morgan fingerprint density at radius 2 is 1.65 bits per heavy atom. The van der Waals surface area contributed by atoms with Crippen LogP contribution in [0.4, 0.5) is 5.69 Å². The molecule has 0 fully saturated rings. The lowest BCUT2D eigenvalue weighted by Gasteiger charge is -2.13. The lowest BCUT2D eigenvalue weighted by molar-refractivity contribution is -0.384. The molecule has 134 valence electrons. The molecular weight excluding hydrogens is 334 g/mol. The maximum Gasteiger partial charge on any atom is 0.269 e. The van der Waals surface area contributed by atoms with Crippen molar-refractivity contribution in [2.75, 3.05) is 13.1 Å². The minimum absolute atomic E-state index is 0.0786. The van der Waals surface area contributed by atoms with Crippen LogP contribution in [0.3, 0.4) is 0 Å². The average molecular weight is 353 g/mol. The van der Waals surface area contributed by atoms with Gasteiger partial charge in [-0.05, 0) is 37.1 Å². The van der Waals surface area contributed by atoms with Crippen LogP contribution in [0.5, 0.6) is 0 Å². The van der Waals surface area contributed by atoms with E-state index >= 15 is 0 Å². The molecule has 7 nitrogen and oxygen atoms in total. The van der Waals surface area contributed by atoms with Crippen molar-refractivity contribution in [2.24, 2.45) is 0 Å². The van der Waals surface area contributed by atoms with E-state index in [0.717, 1.165) is 12.0 Å². The molecule has 1 N–H and O–H groups in total. The molecule has 2 aromatic carbocycles. The molecule has 7 heteroatoms. The van der Waals surface area contributed by atoms with E-state index in [9.17, 15) is 19.7 Å². The third-order valence-corrected chi connectivity index (χ3v) is 4.31. The lowest BCUT2D eigenvalue weighted by Crippen LogP contribution is -2.31. The number of hydrogen-bond donors (Lipinski definition) is 1. The van der Waals surface area contributed by atoms with Gasteiger partial charge in [0.15, 0.2) is 0 Å². The van der Waals surface area contributed by atoms with Crippen molar-refractivity contribution in [1.82, 2.24) is 10.2 Å². The highest BCUT2D eigenvalue weighted by atomic mass is 16.6. The van der Waals surface area contributed by atoms with Crippen molar-refractivity contribution in [1.29, 1.82) is 0 Å². The zero-order valence-corrected chi connectivity index (χ0v) is 14.2. The van der Waals surface area contributed by atoms with Crippen molar-refractivity contribution in [3.8, 4) is 0 Å². The Balaban J connectivity index is 1.40. The van der Waals surface area contributed by atoms with Crippen molar-refractivity contribution < 1.29 is 14.5 Å². The molecule has 0 spiro atoms. The van der Waals surface area contributed by atoms with E-state index in [0.29, 0.717) is 37.2 Å². The fourth-order valence-electron chi connectivity index (χ4n) is 2.97. The number of nitrogens with zero attached hydrogens (tertiary/aromatic N) is 2. The van der Waals surface area contributed by atoms with Crippen molar-refractivity contribution in [3.63, 3.8) is 0 Å². The zero-order chi connectivity index (χ0) is 18.5. The summed E-state index contributed by atoms with van der Waals surface area (Å²) in [6.07, 6.45) is 1.50. The second-order valence-electron chi connectivity index (χ2n) is 6.12. The molecule has 0 saturated carbocycles. The van der Waals surface area contributed by atoms with Crippen LogP contribution in [-0.2, 0) is 6.54 Å². The number of benzene rings is 2. The second-order valence-corrected chi connectivity index (χ2v) is 6.12. The molecule has 2 aromatic rings. The van der Waals surface area contributed by atoms with Gasteiger partial charge in [-0.1, -0.05) is 24.3 Å². The third kappa shape index (κ3) is 3.78. The summed E-state index contributed by atoms with van der Waals surface area (Å²) in [7, 11) is 0. The molecule has 1 aliphatic heterocycles. The number of imide groups is 1. The highest BCUT2D eigenvalue weighted by Gasteiger charge is 2.34. The Hall–Kier alpha value is -3.06. The minimum Gasteiger partial charge on any atom is -0.313 e. The Kier molecular flexibility index (Phi) is 5.38. The average Bonchev–Trinajstić information content (AvgIpc) is 2.89. The van der Waals surface area contributed by atoms with Gasteiger partial charge < -0.3 is 5.32 Å². The van der Waals surface area contributed by atoms with Crippen LogP contribution in [0.2, 0.25) is 0 Å². The largest absolute Gasteiger partial charge is 0.313 e. The summed E-state index contributed by atoms with van der Waals surface area (Å²) < 4.78 is 0. The SMILES string of the molecule is O=C1c2ccccc2C(=O)N1CCCCNCc1cccc([N+](=O)[O-])c1. The number of nitro benzene ring substituents is 1. The van der Waals surface area contributed by atoms with Crippen molar-refractivity contribution >= 4 is 17.5 Å². The molecule has 0 atom stereocenters. The van der Waals surface area contributed by atoms with Gasteiger partial charge in [0.05, 0.1) is 16.1 Å². The number of hydrogen-bond acceptors (Lipinski definition) is 5. The van der Waals surface area contributed by atoms with Crippen LogP contribution >= 0.6 is 0 Å². The minimum atomic E-state index is -0.411. The lowest BCUT2D eigenvalue weighted by atomic mass is 10.1. The normalized spacial score (nSPS) is 13.2. The highest BCUT2D eigenvalue weighted by molar-refractivity contribution is 6.21. The number of rotatable bonds is 8. The molecule has 26 heavy (non-hydrogen) atoms. The standard InChI is InChI=1S/C19H19N3O4/c23-18-16-8-1-2-9-17(16)19(24)21(18)11-4-3-10-20-13-14-6-5-7-15(12-14)22(25)26/h1-2,5-9,12,20H,3-4,10-11,13H2. The van der Waals surface area contributed by atoms with E-state index in [1.165, 1.54) is 11.0 Å². The topological polar surface area (TPSA) is 92.6 Å². The molecule has 0 radical (unpaired) electrons. The summed E-state index contributed by atoms with van der Waals surface area (Å²) in [5.41, 5.74) is 1.87. The fraction of sp³-hybridized carbons (Fsp3) is 0.263. The van der Waals surface area contributed by atoms with Gasteiger partial charge >= 0.3 is 0 Å². The second kappa shape index (κ2) is 7.88. The summed E-state index contributed by atoms with van der Waals surface area (Å²) in [6.45, 7) is 1.63. The van der Waals surface area contributed by atoms with Crippen LogP contribution in [0.25, 0.3) is 0 Å². The summed E-state index contributed by atoms with van der Waals surface area (Å²) in [4.78, 5) is 36.1. The molecule has 2 amide bonds. The van der Waals surface area contributed by atoms with E-state index < -0.39 is 4.92 Å². The number of carbonyl (C=O) groups is 2. The van der Waals surface area contributed by atoms with Gasteiger partial charge in [0.2, 0.25) is 0 Å². The maximum atomic E-state index is 12.2. The summed E-state index contributed by atoms with van der Waals surface area (Å²) >= 11 is 0. The molecule has 1 heterocycles. The van der Waals surface area contributed by atoms with Crippen LogP contribution in [0, 0.1) is 10.1 Å². The van der Waals surface area contributed by atoms with Crippen LogP contribution < -0.4 is 5.32 Å². The number of nitrogens with one attached hydrogen (secondary N) is 1. The quantitative estimate of drug-likeness (QED) is 0.341. The molecular formula is C19H19N3O4. The van der Waals surface area contributed by atoms with E-state index in [1.54, 1.807) is 36.4 Å². The summed E-state index contributed by atoms with van der Waals surface area (Å²) in [5, 5.41) is 14.0. The van der Waals surface area contributed by atoms with Gasteiger partial charge in [0, 0.05) is 25.2 Å². The number of fused-ring (bicyclic) bond motifs is 1. The van der Waals surface area contributed by atoms with Crippen molar-refractivity contribution in [2.45, 2.75) is 19.4 Å². The summed E-state index contributed by atoms with van der Waals surface area (Å²) in [5.74, 6) is -0.453. The Bertz CT molecular complexity index is 815. The number of amides is 2. The number of unbranched alkanes of at least 4 members (excludes halogenated alkanes) is 1.